The molecule has 2 amide bonds. The van der Waals surface area contributed by atoms with Crippen LogP contribution in [0.2, 0.25) is 0 Å². The van der Waals surface area contributed by atoms with Gasteiger partial charge in [0.25, 0.3) is 0 Å². The third-order valence-electron chi connectivity index (χ3n) is 7.10. The number of carbonyl (C=O) groups excluding carboxylic acids is 1. The van der Waals surface area contributed by atoms with Crippen LogP contribution in [-0.2, 0) is 16.3 Å². The minimum atomic E-state index is -2.95. The van der Waals surface area contributed by atoms with Crippen LogP contribution in [-0.4, -0.2) is 62.0 Å². The number of amides is 2. The summed E-state index contributed by atoms with van der Waals surface area (Å²) in [5.74, 6) is 1.03. The molecule has 1 saturated heterocycles. The monoisotopic (exact) mass is 507 g/mol. The highest BCUT2D eigenvalue weighted by Gasteiger charge is 2.23. The lowest BCUT2D eigenvalue weighted by atomic mass is 10.1. The quantitative estimate of drug-likeness (QED) is 0.447. The summed E-state index contributed by atoms with van der Waals surface area (Å²) in [6.45, 7) is 2.11. The number of rotatable bonds is 7. The molecule has 36 heavy (non-hydrogen) atoms. The van der Waals surface area contributed by atoms with Gasteiger partial charge in [-0.05, 0) is 67.1 Å². The number of aryl methyl sites for hydroxylation is 1. The number of carbonyl (C=O) groups is 1. The molecule has 8 nitrogen and oxygen atoms in total. The maximum atomic E-state index is 12.6. The number of benzene rings is 2. The zero-order valence-electron chi connectivity index (χ0n) is 20.5. The Bertz CT molecular complexity index is 1350. The number of piperidine rings is 1. The molecule has 0 bridgehead atoms. The second kappa shape index (κ2) is 10.4. The Kier molecular flexibility index (Phi) is 7.11. The fraction of sp³-hybridized carbons (Fsp3) is 0.407. The number of hydrogen-bond donors (Lipinski definition) is 3. The van der Waals surface area contributed by atoms with Gasteiger partial charge in [-0.25, -0.2) is 18.2 Å². The molecule has 2 heterocycles. The molecule has 1 aliphatic carbocycles. The van der Waals surface area contributed by atoms with Gasteiger partial charge in [-0.2, -0.15) is 0 Å². The zero-order valence-corrected chi connectivity index (χ0v) is 21.4. The van der Waals surface area contributed by atoms with Gasteiger partial charge in [0, 0.05) is 43.0 Å². The third kappa shape index (κ3) is 6.14. The van der Waals surface area contributed by atoms with Gasteiger partial charge in [-0.15, -0.1) is 0 Å². The summed E-state index contributed by atoms with van der Waals surface area (Å²) in [7, 11) is -2.95. The second-order valence-corrected chi connectivity index (χ2v) is 12.1. The molecule has 1 aliphatic heterocycles. The van der Waals surface area contributed by atoms with Crippen molar-refractivity contribution in [2.75, 3.05) is 42.3 Å². The molecule has 1 aromatic heterocycles. The first-order valence-corrected chi connectivity index (χ1v) is 14.6. The van der Waals surface area contributed by atoms with Crippen molar-refractivity contribution >= 4 is 38.3 Å². The highest BCUT2D eigenvalue weighted by Crippen LogP contribution is 2.33. The van der Waals surface area contributed by atoms with E-state index in [0.717, 1.165) is 61.2 Å². The van der Waals surface area contributed by atoms with Gasteiger partial charge in [-0.3, -0.25) is 0 Å². The average Bonchev–Trinajstić information content (AvgIpc) is 3.26. The smallest absolute Gasteiger partial charge is 0.319 e. The second-order valence-electron chi connectivity index (χ2n) is 9.88. The standard InChI is InChI=1S/C27H33N5O3S/c1-36(34,35)17-16-32-14-12-21(13-15-32)28-27(33)29-22-8-10-24-20(18-22)7-11-26(30-24)31-25-9-6-19-4-2-3-5-23(19)25/h2-5,7-8,10-11,18,21,25H,6,9,12-17H2,1H3,(H,30,31)(H2,28,29,33)/t25-/m1/s1. The van der Waals surface area contributed by atoms with Gasteiger partial charge in [0.05, 0.1) is 17.3 Å². The molecule has 2 aromatic carbocycles. The van der Waals surface area contributed by atoms with Crippen LogP contribution in [0.5, 0.6) is 0 Å². The predicted octanol–water partition coefficient (Wildman–Crippen LogP) is 3.96. The molecule has 2 aliphatic rings. The lowest BCUT2D eigenvalue weighted by molar-refractivity contribution is 0.203. The van der Waals surface area contributed by atoms with Crippen LogP contribution in [0.4, 0.5) is 16.3 Å². The van der Waals surface area contributed by atoms with E-state index in [1.807, 2.05) is 30.3 Å². The summed E-state index contributed by atoms with van der Waals surface area (Å²) in [5, 5.41) is 10.5. The summed E-state index contributed by atoms with van der Waals surface area (Å²) in [6, 6.07) is 18.4. The Labute approximate surface area is 212 Å². The summed E-state index contributed by atoms with van der Waals surface area (Å²) < 4.78 is 22.7. The van der Waals surface area contributed by atoms with E-state index in [1.165, 1.54) is 17.4 Å². The fourth-order valence-electron chi connectivity index (χ4n) is 5.12. The van der Waals surface area contributed by atoms with Crippen molar-refractivity contribution < 1.29 is 13.2 Å². The van der Waals surface area contributed by atoms with Crippen LogP contribution in [0.1, 0.15) is 36.4 Å². The van der Waals surface area contributed by atoms with Crippen molar-refractivity contribution in [2.24, 2.45) is 0 Å². The van der Waals surface area contributed by atoms with Gasteiger partial charge in [0.15, 0.2) is 0 Å². The average molecular weight is 508 g/mol. The van der Waals surface area contributed by atoms with Crippen LogP contribution in [0.3, 0.4) is 0 Å². The first-order valence-electron chi connectivity index (χ1n) is 12.6. The lowest BCUT2D eigenvalue weighted by Gasteiger charge is -2.32. The summed E-state index contributed by atoms with van der Waals surface area (Å²) in [6.07, 6.45) is 5.03. The molecule has 0 spiro atoms. The lowest BCUT2D eigenvalue weighted by Crippen LogP contribution is -2.46. The van der Waals surface area contributed by atoms with Crippen LogP contribution < -0.4 is 16.0 Å². The maximum Gasteiger partial charge on any atom is 0.319 e. The number of sulfone groups is 1. The molecule has 1 atom stereocenters. The first kappa shape index (κ1) is 24.5. The van der Waals surface area contributed by atoms with Crippen LogP contribution in [0.15, 0.2) is 54.6 Å². The number of nitrogens with zero attached hydrogens (tertiary/aromatic N) is 2. The van der Waals surface area contributed by atoms with E-state index in [2.05, 4.69) is 45.1 Å². The van der Waals surface area contributed by atoms with Gasteiger partial charge < -0.3 is 20.9 Å². The van der Waals surface area contributed by atoms with Crippen molar-refractivity contribution in [1.82, 2.24) is 15.2 Å². The van der Waals surface area contributed by atoms with E-state index in [1.54, 1.807) is 0 Å². The summed E-state index contributed by atoms with van der Waals surface area (Å²) in [4.78, 5) is 19.5. The molecular weight excluding hydrogens is 474 g/mol. The number of nitrogens with one attached hydrogen (secondary N) is 3. The zero-order chi connectivity index (χ0) is 25.1. The normalized spacial score (nSPS) is 18.6. The van der Waals surface area contributed by atoms with Gasteiger partial charge in [0.1, 0.15) is 15.7 Å². The SMILES string of the molecule is CS(=O)(=O)CCN1CCC(NC(=O)Nc2ccc3nc(N[C@@H]4CCc5ccccc54)ccc3c2)CC1. The van der Waals surface area contributed by atoms with Crippen molar-refractivity contribution in [2.45, 2.75) is 37.8 Å². The van der Waals surface area contributed by atoms with Crippen molar-refractivity contribution in [3.63, 3.8) is 0 Å². The van der Waals surface area contributed by atoms with Gasteiger partial charge >= 0.3 is 6.03 Å². The van der Waals surface area contributed by atoms with Gasteiger partial charge in [-0.1, -0.05) is 24.3 Å². The number of hydrogen-bond acceptors (Lipinski definition) is 6. The molecule has 0 radical (unpaired) electrons. The predicted molar refractivity (Wildman–Crippen MR) is 144 cm³/mol. The Hall–Kier alpha value is -3.17. The first-order chi connectivity index (χ1) is 17.3. The molecule has 5 rings (SSSR count). The highest BCUT2D eigenvalue weighted by atomic mass is 32.2. The molecule has 1 fully saturated rings. The minimum Gasteiger partial charge on any atom is -0.363 e. The molecule has 9 heteroatoms. The number of aromatic nitrogens is 1. The van der Waals surface area contributed by atoms with Crippen molar-refractivity contribution in [3.8, 4) is 0 Å². The van der Waals surface area contributed by atoms with Gasteiger partial charge in [0.2, 0.25) is 0 Å². The fourth-order valence-corrected chi connectivity index (χ4v) is 5.71. The number of likely N-dealkylation sites (tertiary alicyclic amines) is 1. The highest BCUT2D eigenvalue weighted by molar-refractivity contribution is 7.90. The van der Waals surface area contributed by atoms with E-state index in [4.69, 9.17) is 4.98 Å². The Morgan fingerprint density at radius 1 is 1.06 bits per heavy atom. The molecular formula is C27H33N5O3S. The Morgan fingerprint density at radius 2 is 1.86 bits per heavy atom. The topological polar surface area (TPSA) is 103 Å². The van der Waals surface area contributed by atoms with Crippen LogP contribution in [0, 0.1) is 0 Å². The largest absolute Gasteiger partial charge is 0.363 e. The number of urea groups is 1. The van der Waals surface area contributed by atoms with E-state index < -0.39 is 9.84 Å². The van der Waals surface area contributed by atoms with Crippen LogP contribution in [0.25, 0.3) is 10.9 Å². The summed E-state index contributed by atoms with van der Waals surface area (Å²) in [5.41, 5.74) is 4.35. The number of pyridine rings is 1. The van der Waals surface area contributed by atoms with E-state index in [9.17, 15) is 13.2 Å². The minimum absolute atomic E-state index is 0.0796. The molecule has 0 saturated carbocycles. The van der Waals surface area contributed by atoms with Crippen LogP contribution >= 0.6 is 0 Å². The van der Waals surface area contributed by atoms with Crippen molar-refractivity contribution in [3.05, 3.63) is 65.7 Å². The maximum absolute atomic E-state index is 12.6. The molecule has 3 N–H and O–H groups in total. The molecule has 3 aromatic rings. The van der Waals surface area contributed by atoms with E-state index >= 15 is 0 Å². The van der Waals surface area contributed by atoms with E-state index in [0.29, 0.717) is 6.54 Å². The summed E-state index contributed by atoms with van der Waals surface area (Å²) >= 11 is 0. The molecule has 0 unspecified atom stereocenters. The number of anilines is 2. The Balaban J connectivity index is 1.14. The van der Waals surface area contributed by atoms with Crippen molar-refractivity contribution in [1.29, 1.82) is 0 Å². The molecule has 190 valence electrons. The Morgan fingerprint density at radius 3 is 2.67 bits per heavy atom. The third-order valence-corrected chi connectivity index (χ3v) is 8.03. The van der Waals surface area contributed by atoms with E-state index in [-0.39, 0.29) is 23.9 Å². The number of fused-ring (bicyclic) bond motifs is 2.